The molecule has 1 amide bonds. The van der Waals surface area contributed by atoms with Gasteiger partial charge in [-0.1, -0.05) is 29.8 Å². The van der Waals surface area contributed by atoms with Crippen molar-refractivity contribution in [1.29, 1.82) is 0 Å². The number of hydrogen-bond acceptors (Lipinski definition) is 5. The van der Waals surface area contributed by atoms with Gasteiger partial charge in [0.25, 0.3) is 5.91 Å². The minimum Gasteiger partial charge on any atom is -0.456 e. The van der Waals surface area contributed by atoms with E-state index < -0.39 is 11.6 Å². The fourth-order valence-corrected chi connectivity index (χ4v) is 5.19. The smallest absolute Gasteiger partial charge is 0.349 e. The Labute approximate surface area is 201 Å². The maximum atomic E-state index is 13.7. The lowest BCUT2D eigenvalue weighted by molar-refractivity contribution is 0.00739. The molecule has 4 rings (SSSR count). The molecule has 1 heterocycles. The minimum atomic E-state index is -0.678. The van der Waals surface area contributed by atoms with Gasteiger partial charge in [0.2, 0.25) is 0 Å². The molecule has 0 atom stereocenters. The van der Waals surface area contributed by atoms with Gasteiger partial charge in [0.1, 0.15) is 15.5 Å². The van der Waals surface area contributed by atoms with Crippen LogP contribution in [-0.4, -0.2) is 23.3 Å². The predicted molar refractivity (Wildman–Crippen MR) is 131 cm³/mol. The normalized spacial score (nSPS) is 13.4. The van der Waals surface area contributed by atoms with Crippen LogP contribution in [0.5, 0.6) is 0 Å². The van der Waals surface area contributed by atoms with E-state index in [9.17, 15) is 14.4 Å². The number of rotatable bonds is 4. The molecule has 5 nitrogen and oxygen atoms in total. The van der Waals surface area contributed by atoms with Crippen LogP contribution in [-0.2, 0) is 11.2 Å². The summed E-state index contributed by atoms with van der Waals surface area (Å²) >= 11 is 7.22. The lowest BCUT2D eigenvalue weighted by Crippen LogP contribution is -2.27. The fourth-order valence-electron chi connectivity index (χ4n) is 3.80. The van der Waals surface area contributed by atoms with Gasteiger partial charge >= 0.3 is 5.97 Å². The maximum Gasteiger partial charge on any atom is 0.349 e. The topological polar surface area (TPSA) is 63.7 Å². The number of benzene rings is 2. The van der Waals surface area contributed by atoms with E-state index in [1.807, 2.05) is 6.07 Å². The Bertz CT molecular complexity index is 1210. The van der Waals surface area contributed by atoms with Crippen molar-refractivity contribution in [3.63, 3.8) is 0 Å². The van der Waals surface area contributed by atoms with Crippen LogP contribution in [0, 0.1) is 0 Å². The number of ketones is 1. The number of nitrogens with zero attached hydrogens (tertiary/aromatic N) is 1. The first-order valence-electron chi connectivity index (χ1n) is 10.7. The number of amides is 1. The van der Waals surface area contributed by atoms with Gasteiger partial charge in [-0.05, 0) is 75.6 Å². The van der Waals surface area contributed by atoms with Crippen LogP contribution in [0.2, 0.25) is 5.02 Å². The molecule has 0 fully saturated rings. The zero-order valence-electron chi connectivity index (χ0n) is 18.7. The van der Waals surface area contributed by atoms with Crippen molar-refractivity contribution in [2.24, 2.45) is 0 Å². The van der Waals surface area contributed by atoms with Crippen molar-refractivity contribution in [3.8, 4) is 0 Å². The van der Waals surface area contributed by atoms with Crippen molar-refractivity contribution in [3.05, 3.63) is 81.2 Å². The van der Waals surface area contributed by atoms with E-state index in [2.05, 4.69) is 0 Å². The standard InChI is InChI=1S/C26H24ClNO4S/c1-26(2,3)32-25(31)22-19-10-7-11-20(29)21(19)24(33-22)28(18-14-12-17(27)13-15-18)23(30)16-8-5-4-6-9-16/h4-6,8-9,12-15H,7,10-11H2,1-3H3. The fraction of sp³-hybridized carbons (Fsp3) is 0.269. The average Bonchev–Trinajstić information content (AvgIpc) is 3.15. The van der Waals surface area contributed by atoms with E-state index in [0.717, 1.165) is 11.3 Å². The summed E-state index contributed by atoms with van der Waals surface area (Å²) in [6, 6.07) is 15.7. The first kappa shape index (κ1) is 23.2. The number of halogens is 1. The van der Waals surface area contributed by atoms with Crippen LogP contribution in [0.4, 0.5) is 10.7 Å². The van der Waals surface area contributed by atoms with Crippen LogP contribution >= 0.6 is 22.9 Å². The number of ether oxygens (including phenoxy) is 1. The molecule has 2 aromatic carbocycles. The Balaban J connectivity index is 1.91. The highest BCUT2D eigenvalue weighted by atomic mass is 35.5. The van der Waals surface area contributed by atoms with E-state index in [0.29, 0.717) is 56.5 Å². The van der Waals surface area contributed by atoms with Gasteiger partial charge < -0.3 is 4.74 Å². The van der Waals surface area contributed by atoms with Crippen molar-refractivity contribution >= 4 is 51.3 Å². The molecule has 0 spiro atoms. The Morgan fingerprint density at radius 2 is 1.67 bits per heavy atom. The van der Waals surface area contributed by atoms with E-state index in [1.54, 1.807) is 69.3 Å². The quantitative estimate of drug-likeness (QED) is 0.382. The van der Waals surface area contributed by atoms with Gasteiger partial charge in [0.05, 0.1) is 11.3 Å². The number of esters is 1. The van der Waals surface area contributed by atoms with E-state index >= 15 is 0 Å². The Hall–Kier alpha value is -2.96. The van der Waals surface area contributed by atoms with Gasteiger partial charge in [0.15, 0.2) is 5.78 Å². The molecular formula is C26H24ClNO4S. The number of thiophene rings is 1. The second-order valence-electron chi connectivity index (χ2n) is 8.85. The summed E-state index contributed by atoms with van der Waals surface area (Å²) in [6.07, 6.45) is 1.62. The third-order valence-corrected chi connectivity index (χ3v) is 6.64. The minimum absolute atomic E-state index is 0.0721. The molecule has 0 N–H and O–H groups in total. The molecule has 0 radical (unpaired) electrons. The highest BCUT2D eigenvalue weighted by Crippen LogP contribution is 2.44. The van der Waals surface area contributed by atoms with Gasteiger partial charge in [-0.15, -0.1) is 11.3 Å². The van der Waals surface area contributed by atoms with Crippen molar-refractivity contribution < 1.29 is 19.1 Å². The lowest BCUT2D eigenvalue weighted by Gasteiger charge is -2.24. The third-order valence-electron chi connectivity index (χ3n) is 5.19. The highest BCUT2D eigenvalue weighted by Gasteiger charge is 2.36. The van der Waals surface area contributed by atoms with Gasteiger partial charge in [-0.2, -0.15) is 0 Å². The second-order valence-corrected chi connectivity index (χ2v) is 10.3. The molecule has 3 aromatic rings. The summed E-state index contributed by atoms with van der Waals surface area (Å²) < 4.78 is 5.62. The Morgan fingerprint density at radius 3 is 2.30 bits per heavy atom. The van der Waals surface area contributed by atoms with E-state index in [1.165, 1.54) is 4.90 Å². The number of fused-ring (bicyclic) bond motifs is 1. The number of anilines is 2. The molecule has 0 saturated carbocycles. The Morgan fingerprint density at radius 1 is 1.00 bits per heavy atom. The largest absolute Gasteiger partial charge is 0.456 e. The average molecular weight is 482 g/mol. The zero-order valence-corrected chi connectivity index (χ0v) is 20.3. The molecule has 170 valence electrons. The molecule has 1 aliphatic rings. The Kier molecular flexibility index (Phi) is 6.41. The number of hydrogen-bond donors (Lipinski definition) is 0. The summed E-state index contributed by atoms with van der Waals surface area (Å²) in [6.45, 7) is 5.40. The molecule has 1 aliphatic carbocycles. The van der Waals surface area contributed by atoms with Gasteiger partial charge in [-0.25, -0.2) is 4.79 Å². The number of carbonyl (C=O) groups excluding carboxylic acids is 3. The van der Waals surface area contributed by atoms with Gasteiger partial charge in [0, 0.05) is 17.0 Å². The van der Waals surface area contributed by atoms with E-state index in [4.69, 9.17) is 16.3 Å². The molecule has 0 bridgehead atoms. The first-order chi connectivity index (χ1) is 15.7. The highest BCUT2D eigenvalue weighted by molar-refractivity contribution is 7.19. The van der Waals surface area contributed by atoms with Crippen LogP contribution in [0.15, 0.2) is 54.6 Å². The van der Waals surface area contributed by atoms with Crippen molar-refractivity contribution in [2.45, 2.75) is 45.6 Å². The molecule has 0 aliphatic heterocycles. The van der Waals surface area contributed by atoms with E-state index in [-0.39, 0.29) is 11.7 Å². The summed E-state index contributed by atoms with van der Waals surface area (Å²) in [5.41, 5.74) is 1.46. The molecule has 0 unspecified atom stereocenters. The molecular weight excluding hydrogens is 458 g/mol. The summed E-state index contributed by atoms with van der Waals surface area (Å²) in [7, 11) is 0. The lowest BCUT2D eigenvalue weighted by atomic mass is 9.91. The van der Waals surface area contributed by atoms with Crippen molar-refractivity contribution in [1.82, 2.24) is 0 Å². The molecule has 1 aromatic heterocycles. The summed E-state index contributed by atoms with van der Waals surface area (Å²) in [4.78, 5) is 41.7. The number of Topliss-reactive ketones (excluding diaryl/α,β-unsaturated/α-hetero) is 1. The number of carbonyl (C=O) groups is 3. The van der Waals surface area contributed by atoms with Crippen LogP contribution in [0.25, 0.3) is 0 Å². The SMILES string of the molecule is CC(C)(C)OC(=O)c1sc(N(C(=O)c2ccccc2)c2ccc(Cl)cc2)c2c1CCCC2=O. The summed E-state index contributed by atoms with van der Waals surface area (Å²) in [5.74, 6) is -0.846. The predicted octanol–water partition coefficient (Wildman–Crippen LogP) is 6.85. The molecule has 33 heavy (non-hydrogen) atoms. The molecule has 0 saturated heterocycles. The van der Waals surface area contributed by atoms with Crippen molar-refractivity contribution in [2.75, 3.05) is 4.90 Å². The molecule has 7 heteroatoms. The second kappa shape index (κ2) is 9.12. The zero-order chi connectivity index (χ0) is 23.8. The first-order valence-corrected chi connectivity index (χ1v) is 11.9. The van der Waals surface area contributed by atoms with Crippen LogP contribution in [0.3, 0.4) is 0 Å². The van der Waals surface area contributed by atoms with Gasteiger partial charge in [-0.3, -0.25) is 14.5 Å². The van der Waals surface area contributed by atoms with Crippen LogP contribution < -0.4 is 4.90 Å². The third kappa shape index (κ3) is 4.87. The maximum absolute atomic E-state index is 13.7. The summed E-state index contributed by atoms with van der Waals surface area (Å²) in [5, 5.41) is 0.969. The van der Waals surface area contributed by atoms with Crippen LogP contribution in [0.1, 0.15) is 69.6 Å². The monoisotopic (exact) mass is 481 g/mol.